The molecule has 0 saturated carbocycles. The van der Waals surface area contributed by atoms with Gasteiger partial charge in [-0.3, -0.25) is 4.79 Å². The number of carbonyl (C=O) groups excluding carboxylic acids is 1. The van der Waals surface area contributed by atoms with Crippen LogP contribution in [0.4, 0.5) is 5.69 Å². The first-order chi connectivity index (χ1) is 9.83. The van der Waals surface area contributed by atoms with Crippen LogP contribution in [-0.2, 0) is 19.6 Å². The summed E-state index contributed by atoms with van der Waals surface area (Å²) in [5, 5.41) is 3.14. The lowest BCUT2D eigenvalue weighted by atomic mass is 10.1. The Bertz CT molecular complexity index is 711. The number of nitrogens with zero attached hydrogens (tertiary/aromatic N) is 1. The normalized spacial score (nSPS) is 15.7. The molecule has 0 saturated heterocycles. The quantitative estimate of drug-likeness (QED) is 0.855. The highest BCUT2D eigenvalue weighted by Crippen LogP contribution is 2.33. The van der Waals surface area contributed by atoms with Crippen LogP contribution in [0.5, 0.6) is 0 Å². The van der Waals surface area contributed by atoms with Crippen LogP contribution >= 0.6 is 11.8 Å². The number of esters is 1. The Labute approximate surface area is 128 Å². The maximum Gasteiger partial charge on any atom is 0.316 e. The number of rotatable bonds is 3. The zero-order valence-electron chi connectivity index (χ0n) is 12.0. The third kappa shape index (κ3) is 3.56. The molecule has 0 aliphatic carbocycles. The monoisotopic (exact) mass is 328 g/mol. The summed E-state index contributed by atoms with van der Waals surface area (Å²) >= 11 is 1.01. The first-order valence-corrected chi connectivity index (χ1v) is 8.77. The van der Waals surface area contributed by atoms with Crippen molar-refractivity contribution in [3.63, 3.8) is 0 Å². The highest BCUT2D eigenvalue weighted by atomic mass is 32.2. The maximum atomic E-state index is 12.2. The minimum Gasteiger partial charge on any atom is -0.465 e. The van der Waals surface area contributed by atoms with E-state index in [0.717, 1.165) is 17.3 Å². The molecule has 1 aromatic carbocycles. The van der Waals surface area contributed by atoms with E-state index >= 15 is 0 Å². The van der Waals surface area contributed by atoms with Gasteiger partial charge in [0.25, 0.3) is 10.0 Å². The van der Waals surface area contributed by atoms with Gasteiger partial charge in [-0.2, -0.15) is 8.42 Å². The molecule has 0 radical (unpaired) electrons. The van der Waals surface area contributed by atoms with Crippen LogP contribution in [0.3, 0.4) is 0 Å². The smallest absolute Gasteiger partial charge is 0.316 e. The molecular weight excluding hydrogens is 312 g/mol. The largest absolute Gasteiger partial charge is 0.465 e. The van der Waals surface area contributed by atoms with Crippen molar-refractivity contribution in [2.75, 3.05) is 17.7 Å². The van der Waals surface area contributed by atoms with E-state index in [1.807, 2.05) is 6.92 Å². The summed E-state index contributed by atoms with van der Waals surface area (Å²) in [6.07, 6.45) is 0. The molecule has 1 N–H and O–H groups in total. The number of sulfonamides is 1. The third-order valence-corrected chi connectivity index (χ3v) is 5.20. The number of nitrogens with one attached hydrogen (secondary N) is 1. The van der Waals surface area contributed by atoms with Crippen molar-refractivity contribution in [1.29, 1.82) is 0 Å². The van der Waals surface area contributed by atoms with Gasteiger partial charge in [0.05, 0.1) is 18.0 Å². The third-order valence-electron chi connectivity index (χ3n) is 2.75. The van der Waals surface area contributed by atoms with Crippen molar-refractivity contribution >= 4 is 38.6 Å². The predicted molar refractivity (Wildman–Crippen MR) is 83.3 cm³/mol. The number of benzene rings is 1. The van der Waals surface area contributed by atoms with E-state index in [9.17, 15) is 13.2 Å². The molecule has 0 amide bonds. The standard InChI is InChI=1S/C13H16N2O4S2/c1-4-19-11(16)7-20-13-14-10-6-8(2)5-9(3)12(10)21(17,18)15-13/h5-6H,4,7H2,1-3H3,(H,14,15). The lowest BCUT2D eigenvalue weighted by molar-refractivity contribution is -0.139. The first kappa shape index (κ1) is 15.8. The van der Waals surface area contributed by atoms with Gasteiger partial charge in [-0.1, -0.05) is 17.8 Å². The first-order valence-electron chi connectivity index (χ1n) is 6.35. The lowest BCUT2D eigenvalue weighted by Crippen LogP contribution is -2.21. The molecule has 0 atom stereocenters. The molecule has 1 aliphatic heterocycles. The van der Waals surface area contributed by atoms with Gasteiger partial charge in [-0.15, -0.1) is 4.40 Å². The topological polar surface area (TPSA) is 84.8 Å². The fourth-order valence-corrected chi connectivity index (χ4v) is 4.31. The molecule has 114 valence electrons. The highest BCUT2D eigenvalue weighted by molar-refractivity contribution is 8.15. The number of aryl methyl sites for hydroxylation is 2. The molecule has 6 nitrogen and oxygen atoms in total. The van der Waals surface area contributed by atoms with Crippen LogP contribution in [0.2, 0.25) is 0 Å². The van der Waals surface area contributed by atoms with E-state index in [1.54, 1.807) is 26.0 Å². The summed E-state index contributed by atoms with van der Waals surface area (Å²) in [5.41, 5.74) is 2.09. The molecular formula is C13H16N2O4S2. The van der Waals surface area contributed by atoms with E-state index in [1.165, 1.54) is 0 Å². The summed E-state index contributed by atoms with van der Waals surface area (Å²) in [7, 11) is -3.75. The van der Waals surface area contributed by atoms with E-state index in [0.29, 0.717) is 17.9 Å². The van der Waals surface area contributed by atoms with Gasteiger partial charge < -0.3 is 10.1 Å². The summed E-state index contributed by atoms with van der Waals surface area (Å²) < 4.78 is 33.0. The number of amidine groups is 1. The summed E-state index contributed by atoms with van der Waals surface area (Å²) in [6.45, 7) is 5.63. The van der Waals surface area contributed by atoms with E-state index in [4.69, 9.17) is 4.74 Å². The Balaban J connectivity index is 2.26. The van der Waals surface area contributed by atoms with Gasteiger partial charge in [-0.05, 0) is 38.0 Å². The van der Waals surface area contributed by atoms with Crippen LogP contribution in [0.15, 0.2) is 21.4 Å². The van der Waals surface area contributed by atoms with Crippen LogP contribution in [0, 0.1) is 13.8 Å². The molecule has 0 unspecified atom stereocenters. The molecule has 1 aromatic rings. The Morgan fingerprint density at radius 2 is 2.10 bits per heavy atom. The Kier molecular flexibility index (Phi) is 4.58. The molecule has 0 aromatic heterocycles. The fraction of sp³-hybridized carbons (Fsp3) is 0.385. The number of carbonyl (C=O) groups is 1. The second-order valence-corrected chi connectivity index (χ2v) is 7.05. The van der Waals surface area contributed by atoms with Crippen LogP contribution in [-0.4, -0.2) is 31.9 Å². The van der Waals surface area contributed by atoms with Crippen molar-refractivity contribution in [2.24, 2.45) is 4.40 Å². The molecule has 1 heterocycles. The summed E-state index contributed by atoms with van der Waals surface area (Å²) in [6, 6.07) is 3.55. The molecule has 0 fully saturated rings. The van der Waals surface area contributed by atoms with Crippen molar-refractivity contribution in [2.45, 2.75) is 25.7 Å². The van der Waals surface area contributed by atoms with E-state index in [-0.39, 0.29) is 15.8 Å². The minimum absolute atomic E-state index is 0.00925. The maximum absolute atomic E-state index is 12.2. The fourth-order valence-electron chi connectivity index (χ4n) is 2.07. The minimum atomic E-state index is -3.75. The van der Waals surface area contributed by atoms with Gasteiger partial charge >= 0.3 is 5.97 Å². The van der Waals surface area contributed by atoms with Gasteiger partial charge in [-0.25, -0.2) is 0 Å². The number of anilines is 1. The molecule has 0 spiro atoms. The SMILES string of the molecule is CCOC(=O)CSC1=NS(=O)(=O)c2c(C)cc(C)cc2N1. The Hall–Kier alpha value is -1.54. The summed E-state index contributed by atoms with van der Waals surface area (Å²) in [5.74, 6) is -0.398. The number of hydrogen-bond donors (Lipinski definition) is 1. The van der Waals surface area contributed by atoms with Crippen LogP contribution in [0.25, 0.3) is 0 Å². The second-order valence-electron chi connectivity index (χ2n) is 4.55. The van der Waals surface area contributed by atoms with Crippen molar-refractivity contribution in [3.05, 3.63) is 23.3 Å². The molecule has 0 bridgehead atoms. The van der Waals surface area contributed by atoms with Crippen molar-refractivity contribution in [1.82, 2.24) is 0 Å². The molecule has 8 heteroatoms. The second kappa shape index (κ2) is 6.07. The number of ether oxygens (including phenoxy) is 1. The molecule has 21 heavy (non-hydrogen) atoms. The van der Waals surface area contributed by atoms with Gasteiger partial charge in [0, 0.05) is 0 Å². The zero-order valence-corrected chi connectivity index (χ0v) is 13.6. The van der Waals surface area contributed by atoms with E-state index in [2.05, 4.69) is 9.71 Å². The van der Waals surface area contributed by atoms with Crippen molar-refractivity contribution in [3.8, 4) is 0 Å². The van der Waals surface area contributed by atoms with Gasteiger partial charge in [0.1, 0.15) is 4.90 Å². The average Bonchev–Trinajstić information content (AvgIpc) is 2.34. The van der Waals surface area contributed by atoms with Gasteiger partial charge in [0.15, 0.2) is 5.17 Å². The highest BCUT2D eigenvalue weighted by Gasteiger charge is 2.27. The predicted octanol–water partition coefficient (Wildman–Crippen LogP) is 2.07. The van der Waals surface area contributed by atoms with Gasteiger partial charge in [0.2, 0.25) is 0 Å². The number of fused-ring (bicyclic) bond motifs is 1. The van der Waals surface area contributed by atoms with E-state index < -0.39 is 16.0 Å². The van der Waals surface area contributed by atoms with Crippen LogP contribution in [0.1, 0.15) is 18.1 Å². The Morgan fingerprint density at radius 1 is 1.38 bits per heavy atom. The van der Waals surface area contributed by atoms with Crippen LogP contribution < -0.4 is 5.32 Å². The number of hydrogen-bond acceptors (Lipinski definition) is 6. The van der Waals surface area contributed by atoms with Crippen molar-refractivity contribution < 1.29 is 17.9 Å². The average molecular weight is 328 g/mol. The Morgan fingerprint density at radius 3 is 2.76 bits per heavy atom. The number of thioether (sulfide) groups is 1. The summed E-state index contributed by atoms with van der Waals surface area (Å²) in [4.78, 5) is 11.5. The molecule has 2 rings (SSSR count). The zero-order chi connectivity index (χ0) is 15.6. The lowest BCUT2D eigenvalue weighted by Gasteiger charge is -2.19. The molecule has 1 aliphatic rings.